The summed E-state index contributed by atoms with van der Waals surface area (Å²) in [6, 6.07) is -0.260. The van der Waals surface area contributed by atoms with Crippen LogP contribution in [0.25, 0.3) is 0 Å². The normalized spacial score (nSPS) is 19.4. The summed E-state index contributed by atoms with van der Waals surface area (Å²) in [5.74, 6) is -1.75. The number of primary sulfonamides is 1. The van der Waals surface area contributed by atoms with Gasteiger partial charge in [-0.25, -0.2) is 18.4 Å². The average Bonchev–Trinajstić information content (AvgIpc) is 2.94. The molecule has 0 saturated carbocycles. The van der Waals surface area contributed by atoms with Crippen LogP contribution >= 0.6 is 0 Å². The van der Waals surface area contributed by atoms with Gasteiger partial charge >= 0.3 is 17.9 Å². The fourth-order valence-electron chi connectivity index (χ4n) is 1.68. The second-order valence-corrected chi connectivity index (χ2v) is 5.87. The predicted molar refractivity (Wildman–Crippen MR) is 64.1 cm³/mol. The van der Waals surface area contributed by atoms with Crippen LogP contribution in [0.1, 0.15) is 24.0 Å². The van der Waals surface area contributed by atoms with E-state index in [-0.39, 0.29) is 25.6 Å². The van der Waals surface area contributed by atoms with E-state index in [0.29, 0.717) is 0 Å². The van der Waals surface area contributed by atoms with Gasteiger partial charge in [0.05, 0.1) is 6.61 Å². The zero-order valence-electron chi connectivity index (χ0n) is 10.5. The number of amides is 1. The molecule has 20 heavy (non-hydrogen) atoms. The van der Waals surface area contributed by atoms with E-state index in [1.807, 2.05) is 0 Å². The lowest BCUT2D eigenvalue weighted by Crippen LogP contribution is -2.32. The Kier molecular flexibility index (Phi) is 3.72. The molecule has 0 spiro atoms. The molecule has 11 heteroatoms. The molecular weight excluding hydrogens is 292 g/mol. The number of nitrogens with zero attached hydrogens (tertiary/aromatic N) is 3. The molecule has 2 N–H and O–H groups in total. The fraction of sp³-hybridized carbons (Fsp3) is 0.556. The standard InChI is InChI=1S/C9H12N4O6S/c1-2-18-8(15)7-11-12-9(19-7)13-4-5(3-6(13)14)20(10,16)17/h5H,2-4H2,1H3,(H2,10,16,17). The molecule has 0 bridgehead atoms. The van der Waals surface area contributed by atoms with E-state index < -0.39 is 33.0 Å². The van der Waals surface area contributed by atoms with Crippen molar-refractivity contribution in [3.63, 3.8) is 0 Å². The summed E-state index contributed by atoms with van der Waals surface area (Å²) < 4.78 is 32.1. The first kappa shape index (κ1) is 14.4. The third kappa shape index (κ3) is 2.77. The van der Waals surface area contributed by atoms with Crippen molar-refractivity contribution in [1.29, 1.82) is 0 Å². The topological polar surface area (TPSA) is 146 Å². The van der Waals surface area contributed by atoms with Crippen molar-refractivity contribution in [1.82, 2.24) is 10.2 Å². The number of sulfonamides is 1. The second kappa shape index (κ2) is 5.17. The average molecular weight is 304 g/mol. The summed E-state index contributed by atoms with van der Waals surface area (Å²) in [6.07, 6.45) is -0.268. The molecule has 0 aromatic carbocycles. The molecule has 1 aromatic heterocycles. The van der Waals surface area contributed by atoms with E-state index in [2.05, 4.69) is 14.9 Å². The molecule has 0 aliphatic carbocycles. The highest BCUT2D eigenvalue weighted by Crippen LogP contribution is 2.23. The lowest BCUT2D eigenvalue weighted by Gasteiger charge is -2.09. The molecule has 10 nitrogen and oxygen atoms in total. The van der Waals surface area contributed by atoms with E-state index in [0.717, 1.165) is 4.90 Å². The van der Waals surface area contributed by atoms with Crippen LogP contribution in [0, 0.1) is 0 Å². The fourth-order valence-corrected chi connectivity index (χ4v) is 2.41. The highest BCUT2D eigenvalue weighted by Gasteiger charge is 2.39. The molecule has 1 saturated heterocycles. The van der Waals surface area contributed by atoms with Crippen LogP contribution in [-0.4, -0.2) is 48.9 Å². The first-order chi connectivity index (χ1) is 9.32. The predicted octanol–water partition coefficient (Wildman–Crippen LogP) is -1.36. The van der Waals surface area contributed by atoms with Crippen molar-refractivity contribution >= 4 is 27.9 Å². The van der Waals surface area contributed by atoms with Crippen LogP contribution in [0.15, 0.2) is 4.42 Å². The third-order valence-electron chi connectivity index (χ3n) is 2.65. The second-order valence-electron chi connectivity index (χ2n) is 4.03. The van der Waals surface area contributed by atoms with Gasteiger partial charge in [0.2, 0.25) is 15.9 Å². The third-order valence-corrected chi connectivity index (χ3v) is 3.89. The minimum atomic E-state index is -3.84. The van der Waals surface area contributed by atoms with E-state index in [9.17, 15) is 18.0 Å². The number of nitrogens with two attached hydrogens (primary N) is 1. The number of ether oxygens (including phenoxy) is 1. The number of carbonyl (C=O) groups is 2. The Morgan fingerprint density at radius 1 is 1.55 bits per heavy atom. The van der Waals surface area contributed by atoms with E-state index in [1.54, 1.807) is 6.92 Å². The number of hydrogen-bond donors (Lipinski definition) is 1. The zero-order chi connectivity index (χ0) is 14.9. The van der Waals surface area contributed by atoms with Crippen molar-refractivity contribution in [2.45, 2.75) is 18.6 Å². The molecule has 1 aliphatic rings. The molecule has 110 valence electrons. The van der Waals surface area contributed by atoms with Crippen LogP contribution in [0.4, 0.5) is 6.01 Å². The Morgan fingerprint density at radius 3 is 2.80 bits per heavy atom. The molecule has 1 fully saturated rings. The van der Waals surface area contributed by atoms with Gasteiger partial charge < -0.3 is 9.15 Å². The van der Waals surface area contributed by atoms with Crippen molar-refractivity contribution in [2.75, 3.05) is 18.1 Å². The quantitative estimate of drug-likeness (QED) is 0.671. The Labute approximate surface area is 113 Å². The van der Waals surface area contributed by atoms with Crippen LogP contribution in [0.3, 0.4) is 0 Å². The maximum absolute atomic E-state index is 11.7. The van der Waals surface area contributed by atoms with Crippen molar-refractivity contribution in [2.24, 2.45) is 5.14 Å². The lowest BCUT2D eigenvalue weighted by atomic mass is 10.4. The zero-order valence-corrected chi connectivity index (χ0v) is 11.3. The van der Waals surface area contributed by atoms with Gasteiger partial charge in [0.1, 0.15) is 5.25 Å². The molecule has 1 aromatic rings. The van der Waals surface area contributed by atoms with Crippen molar-refractivity contribution < 1.29 is 27.2 Å². The Balaban J connectivity index is 2.17. The maximum atomic E-state index is 11.7. The highest BCUT2D eigenvalue weighted by atomic mass is 32.2. The van der Waals surface area contributed by atoms with E-state index >= 15 is 0 Å². The number of aromatic nitrogens is 2. The van der Waals surface area contributed by atoms with Gasteiger partial charge in [-0.15, -0.1) is 0 Å². The molecule has 1 aliphatic heterocycles. The smallest absolute Gasteiger partial charge is 0.396 e. The van der Waals surface area contributed by atoms with Gasteiger partial charge in [-0.2, -0.15) is 0 Å². The van der Waals surface area contributed by atoms with Crippen molar-refractivity contribution in [3.8, 4) is 0 Å². The Bertz CT molecular complexity index is 639. The molecular formula is C9H12N4O6S. The monoisotopic (exact) mass is 304 g/mol. The molecule has 1 atom stereocenters. The molecule has 2 heterocycles. The number of rotatable bonds is 4. The summed E-state index contributed by atoms with van der Waals surface area (Å²) in [6.45, 7) is 1.55. The van der Waals surface area contributed by atoms with Gasteiger partial charge in [-0.1, -0.05) is 10.2 Å². The van der Waals surface area contributed by atoms with Gasteiger partial charge in [-0.3, -0.25) is 9.69 Å². The number of hydrogen-bond acceptors (Lipinski definition) is 8. The number of anilines is 1. The molecule has 0 radical (unpaired) electrons. The Hall–Kier alpha value is -2.01. The van der Waals surface area contributed by atoms with Crippen molar-refractivity contribution in [3.05, 3.63) is 5.89 Å². The summed E-state index contributed by atoms with van der Waals surface area (Å²) in [5, 5.41) is 10.9. The first-order valence-corrected chi connectivity index (χ1v) is 7.26. The molecule has 1 unspecified atom stereocenters. The first-order valence-electron chi connectivity index (χ1n) is 5.65. The van der Waals surface area contributed by atoms with Crippen LogP contribution in [0.2, 0.25) is 0 Å². The maximum Gasteiger partial charge on any atom is 0.396 e. The van der Waals surface area contributed by atoms with Gasteiger partial charge in [0, 0.05) is 13.0 Å². The lowest BCUT2D eigenvalue weighted by molar-refractivity contribution is -0.117. The van der Waals surface area contributed by atoms with Crippen LogP contribution in [0.5, 0.6) is 0 Å². The highest BCUT2D eigenvalue weighted by molar-refractivity contribution is 7.89. The Morgan fingerprint density at radius 2 is 2.25 bits per heavy atom. The SMILES string of the molecule is CCOC(=O)c1nnc(N2CC(S(N)(=O)=O)CC2=O)o1. The number of esters is 1. The molecule has 1 amide bonds. The summed E-state index contributed by atoms with van der Waals surface area (Å²) >= 11 is 0. The summed E-state index contributed by atoms with van der Waals surface area (Å²) in [5.41, 5.74) is 0. The summed E-state index contributed by atoms with van der Waals surface area (Å²) in [4.78, 5) is 24.0. The number of carbonyl (C=O) groups excluding carboxylic acids is 2. The van der Waals surface area contributed by atoms with Gasteiger partial charge in [0.25, 0.3) is 0 Å². The van der Waals surface area contributed by atoms with Gasteiger partial charge in [0.15, 0.2) is 0 Å². The minimum Gasteiger partial charge on any atom is -0.459 e. The molecule has 2 rings (SSSR count). The van der Waals surface area contributed by atoms with E-state index in [4.69, 9.17) is 9.56 Å². The summed E-state index contributed by atoms with van der Waals surface area (Å²) in [7, 11) is -3.84. The van der Waals surface area contributed by atoms with Crippen LogP contribution in [-0.2, 0) is 19.6 Å². The largest absolute Gasteiger partial charge is 0.459 e. The van der Waals surface area contributed by atoms with E-state index in [1.165, 1.54) is 0 Å². The van der Waals surface area contributed by atoms with Gasteiger partial charge in [-0.05, 0) is 6.92 Å². The minimum absolute atomic E-state index is 0.132. The van der Waals surface area contributed by atoms with Crippen LogP contribution < -0.4 is 10.0 Å².